The molecule has 2 rings (SSSR count). The van der Waals surface area contributed by atoms with Crippen LogP contribution in [0.2, 0.25) is 0 Å². The van der Waals surface area contributed by atoms with Gasteiger partial charge in [-0.2, -0.15) is 0 Å². The van der Waals surface area contributed by atoms with Crippen LogP contribution in [0.25, 0.3) is 0 Å². The first-order valence-corrected chi connectivity index (χ1v) is 6.58. The molecule has 1 aromatic heterocycles. The third-order valence-electron chi connectivity index (χ3n) is 3.22. The summed E-state index contributed by atoms with van der Waals surface area (Å²) >= 11 is 0. The molecule has 0 aromatic carbocycles. The normalized spacial score (nSPS) is 15.8. The first-order valence-electron chi connectivity index (χ1n) is 6.58. The monoisotopic (exact) mass is 277 g/mol. The number of nitrogens with one attached hydrogen (secondary N) is 2. The summed E-state index contributed by atoms with van der Waals surface area (Å²) in [4.78, 5) is 31.1. The second kappa shape index (κ2) is 6.85. The Hall–Kier alpha value is -2.15. The molecule has 0 aliphatic carbocycles. The summed E-state index contributed by atoms with van der Waals surface area (Å²) in [6.45, 7) is 3.02. The van der Waals surface area contributed by atoms with Gasteiger partial charge in [0, 0.05) is 39.4 Å². The molecule has 1 fully saturated rings. The minimum absolute atomic E-state index is 0.00161. The second-order valence-electron chi connectivity index (χ2n) is 4.61. The number of amides is 3. The predicted molar refractivity (Wildman–Crippen MR) is 75.3 cm³/mol. The Balaban J connectivity index is 1.78. The average Bonchev–Trinajstić information content (AvgIpc) is 2.49. The van der Waals surface area contributed by atoms with Crippen LogP contribution in [0.3, 0.4) is 0 Å². The fraction of sp³-hybridized carbons (Fsp3) is 0.462. The van der Waals surface area contributed by atoms with Crippen molar-refractivity contribution in [3.8, 4) is 0 Å². The minimum Gasteiger partial charge on any atom is -0.358 e. The summed E-state index contributed by atoms with van der Waals surface area (Å²) in [5.74, 6) is -0.00161. The van der Waals surface area contributed by atoms with Crippen molar-refractivity contribution in [2.24, 2.45) is 0 Å². The van der Waals surface area contributed by atoms with Crippen LogP contribution >= 0.6 is 0 Å². The Kier molecular flexibility index (Phi) is 4.89. The molecular formula is C13H19N5O2. The van der Waals surface area contributed by atoms with E-state index in [0.29, 0.717) is 38.4 Å². The zero-order chi connectivity index (χ0) is 14.4. The van der Waals surface area contributed by atoms with Gasteiger partial charge in [-0.15, -0.1) is 0 Å². The van der Waals surface area contributed by atoms with E-state index in [1.165, 1.54) is 0 Å². The molecule has 0 atom stereocenters. The molecule has 2 N–H and O–H groups in total. The van der Waals surface area contributed by atoms with E-state index >= 15 is 0 Å². The number of carbonyl (C=O) groups excluding carboxylic acids is 2. The number of aromatic nitrogens is 1. The molecule has 0 spiro atoms. The highest BCUT2D eigenvalue weighted by molar-refractivity contribution is 5.89. The molecule has 1 aliphatic heterocycles. The number of likely N-dealkylation sites (N-methyl/N-ethyl adjacent to an activating group) is 1. The maximum atomic E-state index is 12.0. The van der Waals surface area contributed by atoms with Gasteiger partial charge in [0.05, 0.1) is 18.4 Å². The SMILES string of the molecule is CNC(=O)CN1CCN(C(=O)Nc2cccnc2)CC1. The Labute approximate surface area is 118 Å². The molecule has 7 heteroatoms. The predicted octanol–water partition coefficient (Wildman–Crippen LogP) is -0.0229. The summed E-state index contributed by atoms with van der Waals surface area (Å²) in [7, 11) is 1.62. The Bertz CT molecular complexity index is 457. The van der Waals surface area contributed by atoms with Crippen LogP contribution in [0.5, 0.6) is 0 Å². The van der Waals surface area contributed by atoms with Crippen molar-refractivity contribution in [3.05, 3.63) is 24.5 Å². The summed E-state index contributed by atoms with van der Waals surface area (Å²) in [6, 6.07) is 3.45. The number of hydrogen-bond acceptors (Lipinski definition) is 4. The number of nitrogens with zero attached hydrogens (tertiary/aromatic N) is 3. The molecule has 1 saturated heterocycles. The summed E-state index contributed by atoms with van der Waals surface area (Å²) < 4.78 is 0. The third kappa shape index (κ3) is 3.92. The zero-order valence-electron chi connectivity index (χ0n) is 11.5. The number of urea groups is 1. The topological polar surface area (TPSA) is 77.6 Å². The standard InChI is InChI=1S/C13H19N5O2/c1-14-12(19)10-17-5-7-18(8-6-17)13(20)16-11-3-2-4-15-9-11/h2-4,9H,5-8,10H2,1H3,(H,14,19)(H,16,20). The lowest BCUT2D eigenvalue weighted by Crippen LogP contribution is -2.51. The molecule has 0 bridgehead atoms. The molecule has 108 valence electrons. The molecule has 7 nitrogen and oxygen atoms in total. The molecule has 2 heterocycles. The average molecular weight is 277 g/mol. The molecule has 0 radical (unpaired) electrons. The molecule has 1 aliphatic rings. The lowest BCUT2D eigenvalue weighted by molar-refractivity contribution is -0.122. The Morgan fingerprint density at radius 3 is 2.65 bits per heavy atom. The van der Waals surface area contributed by atoms with Crippen molar-refractivity contribution >= 4 is 17.6 Å². The number of anilines is 1. The van der Waals surface area contributed by atoms with Crippen LogP contribution < -0.4 is 10.6 Å². The lowest BCUT2D eigenvalue weighted by Gasteiger charge is -2.34. The van der Waals surface area contributed by atoms with Crippen molar-refractivity contribution in [2.75, 3.05) is 45.1 Å². The van der Waals surface area contributed by atoms with Crippen molar-refractivity contribution in [1.29, 1.82) is 0 Å². The number of carbonyl (C=O) groups is 2. The maximum Gasteiger partial charge on any atom is 0.321 e. The number of pyridine rings is 1. The van der Waals surface area contributed by atoms with Crippen molar-refractivity contribution in [3.63, 3.8) is 0 Å². The van der Waals surface area contributed by atoms with E-state index in [2.05, 4.69) is 15.6 Å². The van der Waals surface area contributed by atoms with E-state index in [9.17, 15) is 9.59 Å². The van der Waals surface area contributed by atoms with Crippen LogP contribution in [0.15, 0.2) is 24.5 Å². The van der Waals surface area contributed by atoms with E-state index in [1.54, 1.807) is 36.5 Å². The highest BCUT2D eigenvalue weighted by Gasteiger charge is 2.22. The number of rotatable bonds is 3. The van der Waals surface area contributed by atoms with Gasteiger partial charge in [-0.25, -0.2) is 4.79 Å². The molecule has 3 amide bonds. The van der Waals surface area contributed by atoms with Crippen LogP contribution in [-0.2, 0) is 4.79 Å². The lowest BCUT2D eigenvalue weighted by atomic mass is 10.3. The molecule has 0 saturated carbocycles. The van der Waals surface area contributed by atoms with E-state index in [4.69, 9.17) is 0 Å². The van der Waals surface area contributed by atoms with E-state index in [1.807, 2.05) is 4.90 Å². The Morgan fingerprint density at radius 1 is 1.30 bits per heavy atom. The molecule has 20 heavy (non-hydrogen) atoms. The summed E-state index contributed by atoms with van der Waals surface area (Å²) in [5, 5.41) is 5.40. The Morgan fingerprint density at radius 2 is 2.05 bits per heavy atom. The van der Waals surface area contributed by atoms with Crippen molar-refractivity contribution < 1.29 is 9.59 Å². The zero-order valence-corrected chi connectivity index (χ0v) is 11.5. The van der Waals surface area contributed by atoms with Crippen LogP contribution in [0.1, 0.15) is 0 Å². The smallest absolute Gasteiger partial charge is 0.321 e. The molecular weight excluding hydrogens is 258 g/mol. The number of hydrogen-bond donors (Lipinski definition) is 2. The van der Waals surface area contributed by atoms with E-state index in [-0.39, 0.29) is 11.9 Å². The van der Waals surface area contributed by atoms with Gasteiger partial charge in [-0.3, -0.25) is 14.7 Å². The highest BCUT2D eigenvalue weighted by Crippen LogP contribution is 2.07. The molecule has 0 unspecified atom stereocenters. The van der Waals surface area contributed by atoms with Gasteiger partial charge in [-0.05, 0) is 12.1 Å². The fourth-order valence-electron chi connectivity index (χ4n) is 2.03. The number of piperazine rings is 1. The van der Waals surface area contributed by atoms with Crippen LogP contribution in [0, 0.1) is 0 Å². The molecule has 1 aromatic rings. The third-order valence-corrected chi connectivity index (χ3v) is 3.22. The fourth-order valence-corrected chi connectivity index (χ4v) is 2.03. The van der Waals surface area contributed by atoms with Crippen molar-refractivity contribution in [1.82, 2.24) is 20.1 Å². The summed E-state index contributed by atoms with van der Waals surface area (Å²) in [5.41, 5.74) is 0.685. The quantitative estimate of drug-likeness (QED) is 0.814. The van der Waals surface area contributed by atoms with Gasteiger partial charge in [0.2, 0.25) is 5.91 Å². The van der Waals surface area contributed by atoms with E-state index in [0.717, 1.165) is 0 Å². The van der Waals surface area contributed by atoms with Crippen LogP contribution in [0.4, 0.5) is 10.5 Å². The first kappa shape index (κ1) is 14.3. The van der Waals surface area contributed by atoms with Crippen molar-refractivity contribution in [2.45, 2.75) is 0 Å². The maximum absolute atomic E-state index is 12.0. The minimum atomic E-state index is -0.127. The summed E-state index contributed by atoms with van der Waals surface area (Å²) in [6.07, 6.45) is 3.27. The van der Waals surface area contributed by atoms with Gasteiger partial charge < -0.3 is 15.5 Å². The largest absolute Gasteiger partial charge is 0.358 e. The first-order chi connectivity index (χ1) is 9.69. The van der Waals surface area contributed by atoms with E-state index < -0.39 is 0 Å². The van der Waals surface area contributed by atoms with Gasteiger partial charge in [0.15, 0.2) is 0 Å². The van der Waals surface area contributed by atoms with Crippen LogP contribution in [-0.4, -0.2) is 66.5 Å². The van der Waals surface area contributed by atoms with Gasteiger partial charge in [0.1, 0.15) is 0 Å². The van der Waals surface area contributed by atoms with Gasteiger partial charge in [-0.1, -0.05) is 0 Å². The van der Waals surface area contributed by atoms with Gasteiger partial charge in [0.25, 0.3) is 0 Å². The highest BCUT2D eigenvalue weighted by atomic mass is 16.2. The van der Waals surface area contributed by atoms with Gasteiger partial charge >= 0.3 is 6.03 Å². The second-order valence-corrected chi connectivity index (χ2v) is 4.61.